The van der Waals surface area contributed by atoms with E-state index in [1.807, 2.05) is 6.92 Å². The molecule has 0 spiro atoms. The van der Waals surface area contributed by atoms with Crippen LogP contribution in [0.15, 0.2) is 6.20 Å². The predicted molar refractivity (Wildman–Crippen MR) is 51.2 cm³/mol. The second-order valence-electron chi connectivity index (χ2n) is 3.12. The van der Waals surface area contributed by atoms with E-state index < -0.39 is 0 Å². The Labute approximate surface area is 78.6 Å². The van der Waals surface area contributed by atoms with E-state index in [-0.39, 0.29) is 0 Å². The van der Waals surface area contributed by atoms with Crippen LogP contribution in [-0.4, -0.2) is 21.7 Å². The number of rotatable bonds is 5. The van der Waals surface area contributed by atoms with Crippen LogP contribution in [0.2, 0.25) is 0 Å². The van der Waals surface area contributed by atoms with Gasteiger partial charge in [-0.2, -0.15) is 5.10 Å². The molecule has 0 bridgehead atoms. The molecule has 0 saturated heterocycles. The SMILES string of the molecule is Cc1cnc(CCCCCN)nn1. The molecule has 13 heavy (non-hydrogen) atoms. The molecule has 1 aromatic rings. The average molecular weight is 180 g/mol. The second-order valence-corrected chi connectivity index (χ2v) is 3.12. The summed E-state index contributed by atoms with van der Waals surface area (Å²) >= 11 is 0. The van der Waals surface area contributed by atoms with Crippen molar-refractivity contribution in [1.82, 2.24) is 15.2 Å². The molecule has 0 aliphatic rings. The van der Waals surface area contributed by atoms with Gasteiger partial charge in [-0.15, -0.1) is 5.10 Å². The normalized spacial score (nSPS) is 10.3. The molecule has 0 aliphatic carbocycles. The van der Waals surface area contributed by atoms with Gasteiger partial charge in [0.2, 0.25) is 0 Å². The Bertz CT molecular complexity index is 232. The van der Waals surface area contributed by atoms with Crippen LogP contribution in [0.3, 0.4) is 0 Å². The average Bonchev–Trinajstić information content (AvgIpc) is 2.15. The minimum Gasteiger partial charge on any atom is -0.330 e. The molecular weight excluding hydrogens is 164 g/mol. The van der Waals surface area contributed by atoms with E-state index in [1.54, 1.807) is 6.20 Å². The molecule has 0 saturated carbocycles. The van der Waals surface area contributed by atoms with Crippen molar-refractivity contribution in [3.8, 4) is 0 Å². The van der Waals surface area contributed by atoms with E-state index in [2.05, 4.69) is 15.2 Å². The Morgan fingerprint density at radius 3 is 2.69 bits per heavy atom. The third kappa shape index (κ3) is 3.94. The van der Waals surface area contributed by atoms with E-state index in [9.17, 15) is 0 Å². The first-order valence-electron chi connectivity index (χ1n) is 4.68. The number of nitrogens with two attached hydrogens (primary N) is 1. The van der Waals surface area contributed by atoms with Gasteiger partial charge in [-0.05, 0) is 26.3 Å². The Kier molecular flexibility index (Phi) is 4.32. The summed E-state index contributed by atoms with van der Waals surface area (Å²) in [6.45, 7) is 2.66. The van der Waals surface area contributed by atoms with Crippen LogP contribution in [0, 0.1) is 6.92 Å². The molecule has 0 fully saturated rings. The molecule has 0 radical (unpaired) electrons. The highest BCUT2D eigenvalue weighted by atomic mass is 15.1. The van der Waals surface area contributed by atoms with Gasteiger partial charge in [0.25, 0.3) is 0 Å². The minimum absolute atomic E-state index is 0.771. The largest absolute Gasteiger partial charge is 0.330 e. The lowest BCUT2D eigenvalue weighted by atomic mass is 10.2. The topological polar surface area (TPSA) is 64.7 Å². The fourth-order valence-electron chi connectivity index (χ4n) is 1.07. The van der Waals surface area contributed by atoms with Crippen molar-refractivity contribution >= 4 is 0 Å². The standard InChI is InChI=1S/C9H16N4/c1-8-7-11-9(13-12-8)5-3-2-4-6-10/h7H,2-6,10H2,1H3. The van der Waals surface area contributed by atoms with Crippen LogP contribution in [0.25, 0.3) is 0 Å². The third-order valence-electron chi connectivity index (χ3n) is 1.83. The Morgan fingerprint density at radius 2 is 2.08 bits per heavy atom. The maximum atomic E-state index is 5.38. The number of unbranched alkanes of at least 4 members (excludes halogenated alkanes) is 2. The first kappa shape index (κ1) is 10.1. The predicted octanol–water partition coefficient (Wildman–Crippen LogP) is 0.852. The minimum atomic E-state index is 0.771. The fourth-order valence-corrected chi connectivity index (χ4v) is 1.07. The van der Waals surface area contributed by atoms with Crippen molar-refractivity contribution < 1.29 is 0 Å². The van der Waals surface area contributed by atoms with Gasteiger partial charge in [-0.25, -0.2) is 4.98 Å². The van der Waals surface area contributed by atoms with Crippen LogP contribution in [-0.2, 0) is 6.42 Å². The van der Waals surface area contributed by atoms with E-state index in [1.165, 1.54) is 0 Å². The van der Waals surface area contributed by atoms with Crippen LogP contribution in [0.1, 0.15) is 30.8 Å². The lowest BCUT2D eigenvalue weighted by molar-refractivity contribution is 0.658. The molecule has 4 nitrogen and oxygen atoms in total. The van der Waals surface area contributed by atoms with Crippen LogP contribution in [0.5, 0.6) is 0 Å². The summed E-state index contributed by atoms with van der Waals surface area (Å²) in [5, 5.41) is 7.92. The molecule has 0 aromatic carbocycles. The first-order valence-corrected chi connectivity index (χ1v) is 4.68. The molecule has 72 valence electrons. The Balaban J connectivity index is 2.25. The first-order chi connectivity index (χ1) is 6.33. The highest BCUT2D eigenvalue weighted by Crippen LogP contribution is 2.00. The summed E-state index contributed by atoms with van der Waals surface area (Å²) in [6, 6.07) is 0. The van der Waals surface area contributed by atoms with E-state index in [4.69, 9.17) is 5.73 Å². The van der Waals surface area contributed by atoms with Gasteiger partial charge in [0.15, 0.2) is 5.82 Å². The Hall–Kier alpha value is -1.03. The zero-order chi connectivity index (χ0) is 9.52. The highest BCUT2D eigenvalue weighted by molar-refractivity contribution is 4.90. The van der Waals surface area contributed by atoms with E-state index >= 15 is 0 Å². The monoisotopic (exact) mass is 180 g/mol. The molecule has 1 rings (SSSR count). The van der Waals surface area contributed by atoms with Crippen molar-refractivity contribution in [1.29, 1.82) is 0 Å². The van der Waals surface area contributed by atoms with Crippen molar-refractivity contribution in [2.24, 2.45) is 5.73 Å². The molecule has 0 unspecified atom stereocenters. The van der Waals surface area contributed by atoms with Gasteiger partial charge in [0, 0.05) is 6.42 Å². The number of aryl methyl sites for hydroxylation is 2. The highest BCUT2D eigenvalue weighted by Gasteiger charge is 1.96. The van der Waals surface area contributed by atoms with Gasteiger partial charge in [-0.3, -0.25) is 0 Å². The molecule has 0 aliphatic heterocycles. The van der Waals surface area contributed by atoms with Crippen molar-refractivity contribution in [3.63, 3.8) is 0 Å². The van der Waals surface area contributed by atoms with E-state index in [0.29, 0.717) is 0 Å². The van der Waals surface area contributed by atoms with Crippen molar-refractivity contribution in [3.05, 3.63) is 17.7 Å². The lowest BCUT2D eigenvalue weighted by Crippen LogP contribution is -2.01. The Morgan fingerprint density at radius 1 is 1.23 bits per heavy atom. The molecular formula is C9H16N4. The van der Waals surface area contributed by atoms with Crippen molar-refractivity contribution in [2.45, 2.75) is 32.6 Å². The maximum Gasteiger partial charge on any atom is 0.150 e. The lowest BCUT2D eigenvalue weighted by Gasteiger charge is -1.98. The van der Waals surface area contributed by atoms with Crippen LogP contribution < -0.4 is 5.73 Å². The number of hydrogen-bond donors (Lipinski definition) is 1. The summed E-state index contributed by atoms with van der Waals surface area (Å²) in [7, 11) is 0. The van der Waals surface area contributed by atoms with Crippen LogP contribution >= 0.6 is 0 Å². The summed E-state index contributed by atoms with van der Waals surface area (Å²) in [6.07, 6.45) is 5.99. The van der Waals surface area contributed by atoms with Gasteiger partial charge in [0.1, 0.15) is 0 Å². The van der Waals surface area contributed by atoms with Crippen LogP contribution in [0.4, 0.5) is 0 Å². The van der Waals surface area contributed by atoms with Gasteiger partial charge >= 0.3 is 0 Å². The molecule has 0 amide bonds. The van der Waals surface area contributed by atoms with Gasteiger partial charge < -0.3 is 5.73 Å². The summed E-state index contributed by atoms with van der Waals surface area (Å²) < 4.78 is 0. The zero-order valence-electron chi connectivity index (χ0n) is 8.03. The summed E-state index contributed by atoms with van der Waals surface area (Å²) in [5.41, 5.74) is 6.25. The second kappa shape index (κ2) is 5.59. The number of hydrogen-bond acceptors (Lipinski definition) is 4. The smallest absolute Gasteiger partial charge is 0.150 e. The maximum absolute atomic E-state index is 5.38. The quantitative estimate of drug-likeness (QED) is 0.682. The van der Waals surface area contributed by atoms with Gasteiger partial charge in [0.05, 0.1) is 11.9 Å². The summed E-state index contributed by atoms with van der Waals surface area (Å²) in [5.74, 6) is 0.836. The number of nitrogens with zero attached hydrogens (tertiary/aromatic N) is 3. The fraction of sp³-hybridized carbons (Fsp3) is 0.667. The summed E-state index contributed by atoms with van der Waals surface area (Å²) in [4.78, 5) is 4.17. The number of aromatic nitrogens is 3. The molecule has 1 aromatic heterocycles. The zero-order valence-corrected chi connectivity index (χ0v) is 8.03. The molecule has 2 N–H and O–H groups in total. The van der Waals surface area contributed by atoms with Crippen molar-refractivity contribution in [2.75, 3.05) is 6.54 Å². The molecule has 0 atom stereocenters. The third-order valence-corrected chi connectivity index (χ3v) is 1.83. The molecule has 4 heteroatoms. The van der Waals surface area contributed by atoms with E-state index in [0.717, 1.165) is 43.7 Å². The van der Waals surface area contributed by atoms with Gasteiger partial charge in [-0.1, -0.05) is 6.42 Å². The molecule has 1 heterocycles.